The highest BCUT2D eigenvalue weighted by atomic mass is 19.1. The fraction of sp³-hybridized carbons (Fsp3) is 0.353. The second-order valence-corrected chi connectivity index (χ2v) is 5.98. The Balaban J connectivity index is 1.85. The van der Waals surface area contributed by atoms with Crippen LogP contribution in [-0.2, 0) is 6.54 Å². The summed E-state index contributed by atoms with van der Waals surface area (Å²) < 4.78 is 27.0. The highest BCUT2D eigenvalue weighted by molar-refractivity contribution is 5.82. The van der Waals surface area contributed by atoms with Gasteiger partial charge in [0.1, 0.15) is 5.82 Å². The van der Waals surface area contributed by atoms with Crippen molar-refractivity contribution in [1.29, 1.82) is 0 Å². The van der Waals surface area contributed by atoms with Crippen molar-refractivity contribution >= 4 is 17.0 Å². The van der Waals surface area contributed by atoms with E-state index in [0.29, 0.717) is 30.9 Å². The maximum atomic E-state index is 13.9. The lowest BCUT2D eigenvalue weighted by Gasteiger charge is -2.12. The molecule has 7 nitrogen and oxygen atoms in total. The molecule has 0 spiro atoms. The number of anilines is 1. The van der Waals surface area contributed by atoms with Gasteiger partial charge < -0.3 is 19.8 Å². The van der Waals surface area contributed by atoms with Gasteiger partial charge in [0.15, 0.2) is 28.5 Å². The van der Waals surface area contributed by atoms with E-state index >= 15 is 0 Å². The van der Waals surface area contributed by atoms with Gasteiger partial charge in [-0.25, -0.2) is 9.37 Å². The van der Waals surface area contributed by atoms with Crippen LogP contribution in [0.15, 0.2) is 18.2 Å². The monoisotopic (exact) mass is 343 g/mol. The fourth-order valence-electron chi connectivity index (χ4n) is 2.85. The molecule has 1 aliphatic rings. The molecule has 3 heterocycles. The second-order valence-electron chi connectivity index (χ2n) is 5.98. The van der Waals surface area contributed by atoms with Crippen LogP contribution in [0.25, 0.3) is 11.2 Å². The summed E-state index contributed by atoms with van der Waals surface area (Å²) >= 11 is 0. The quantitative estimate of drug-likeness (QED) is 0.674. The number of halogens is 1. The van der Waals surface area contributed by atoms with E-state index in [2.05, 4.69) is 15.0 Å². The lowest BCUT2D eigenvalue weighted by Crippen LogP contribution is -2.09. The first-order valence-corrected chi connectivity index (χ1v) is 8.16. The zero-order chi connectivity index (χ0) is 17.4. The van der Waals surface area contributed by atoms with E-state index < -0.39 is 0 Å². The first-order chi connectivity index (χ1) is 12.1. The van der Waals surface area contributed by atoms with Crippen molar-refractivity contribution in [3.8, 4) is 11.8 Å². The molecular formula is C17H18FN5O2. The van der Waals surface area contributed by atoms with Crippen LogP contribution in [-0.4, -0.2) is 32.7 Å². The average Bonchev–Trinajstić information content (AvgIpc) is 2.90. The van der Waals surface area contributed by atoms with Crippen LogP contribution >= 0.6 is 0 Å². The molecule has 0 amide bonds. The standard InChI is InChI=1S/C17H18FN5O2/c1-10-20-14-15(19)21-17-22-16(14)23(10)9-11-4-5-12(18)13(8-11)24-6-2-3-7-25-17/h4-5,8H,2-3,6-7,9H2,1H3,(H2,19,21,22). The second kappa shape index (κ2) is 6.19. The minimum absolute atomic E-state index is 0.240. The summed E-state index contributed by atoms with van der Waals surface area (Å²) in [6, 6.07) is 5.10. The average molecular weight is 343 g/mol. The van der Waals surface area contributed by atoms with Gasteiger partial charge in [0.05, 0.1) is 19.8 Å². The van der Waals surface area contributed by atoms with E-state index in [1.165, 1.54) is 6.07 Å². The first kappa shape index (κ1) is 15.6. The van der Waals surface area contributed by atoms with Gasteiger partial charge in [-0.15, -0.1) is 0 Å². The molecule has 2 N–H and O–H groups in total. The number of imidazole rings is 1. The van der Waals surface area contributed by atoms with Gasteiger partial charge in [0.25, 0.3) is 0 Å². The number of benzene rings is 1. The van der Waals surface area contributed by atoms with E-state index in [0.717, 1.165) is 24.2 Å². The Kier molecular flexibility index (Phi) is 3.87. The van der Waals surface area contributed by atoms with Crippen LogP contribution in [0.5, 0.6) is 11.8 Å². The van der Waals surface area contributed by atoms with Gasteiger partial charge in [0, 0.05) is 0 Å². The summed E-state index contributed by atoms with van der Waals surface area (Å²) in [6.45, 7) is 3.19. The third-order valence-electron chi connectivity index (χ3n) is 4.16. The molecule has 3 aromatic rings. The van der Waals surface area contributed by atoms with Crippen molar-refractivity contribution in [2.75, 3.05) is 18.9 Å². The number of hydrogen-bond donors (Lipinski definition) is 1. The predicted molar refractivity (Wildman–Crippen MR) is 90.2 cm³/mol. The molecule has 0 saturated heterocycles. The Morgan fingerprint density at radius 2 is 1.92 bits per heavy atom. The lowest BCUT2D eigenvalue weighted by molar-refractivity contribution is 0.250. The number of ether oxygens (including phenoxy) is 2. The zero-order valence-electron chi connectivity index (χ0n) is 13.8. The normalized spacial score (nSPS) is 14.8. The van der Waals surface area contributed by atoms with Gasteiger partial charge >= 0.3 is 6.01 Å². The molecule has 0 saturated carbocycles. The van der Waals surface area contributed by atoms with Crippen LogP contribution in [0.4, 0.5) is 10.2 Å². The molecule has 4 rings (SSSR count). The van der Waals surface area contributed by atoms with Gasteiger partial charge in [-0.3, -0.25) is 0 Å². The van der Waals surface area contributed by atoms with Crippen LogP contribution < -0.4 is 15.2 Å². The number of nitrogen functional groups attached to an aromatic ring is 1. The van der Waals surface area contributed by atoms with Crippen molar-refractivity contribution in [2.45, 2.75) is 26.3 Å². The van der Waals surface area contributed by atoms with Gasteiger partial charge in [-0.05, 0) is 37.5 Å². The van der Waals surface area contributed by atoms with Crippen molar-refractivity contribution < 1.29 is 13.9 Å². The van der Waals surface area contributed by atoms with E-state index in [9.17, 15) is 4.39 Å². The molecule has 0 radical (unpaired) electrons. The summed E-state index contributed by atoms with van der Waals surface area (Å²) in [4.78, 5) is 13.1. The summed E-state index contributed by atoms with van der Waals surface area (Å²) in [7, 11) is 0. The summed E-state index contributed by atoms with van der Waals surface area (Å²) in [6.07, 6.45) is 1.47. The fourth-order valence-corrected chi connectivity index (χ4v) is 2.85. The molecule has 8 heteroatoms. The summed E-state index contributed by atoms with van der Waals surface area (Å²) in [5, 5.41) is 0. The van der Waals surface area contributed by atoms with Crippen LogP contribution in [0.1, 0.15) is 24.2 Å². The minimum atomic E-state index is -0.367. The zero-order valence-corrected chi connectivity index (χ0v) is 13.8. The lowest BCUT2D eigenvalue weighted by atomic mass is 10.2. The molecule has 25 heavy (non-hydrogen) atoms. The van der Waals surface area contributed by atoms with Crippen LogP contribution in [0, 0.1) is 12.7 Å². The number of aromatic nitrogens is 4. The van der Waals surface area contributed by atoms with E-state index in [1.54, 1.807) is 12.1 Å². The van der Waals surface area contributed by atoms with E-state index in [4.69, 9.17) is 15.2 Å². The first-order valence-electron chi connectivity index (χ1n) is 8.16. The molecule has 2 aromatic heterocycles. The molecular weight excluding hydrogens is 325 g/mol. The third kappa shape index (κ3) is 2.95. The molecule has 4 bridgehead atoms. The largest absolute Gasteiger partial charge is 0.491 e. The Morgan fingerprint density at radius 3 is 2.76 bits per heavy atom. The van der Waals surface area contributed by atoms with Crippen LogP contribution in [0.2, 0.25) is 0 Å². The number of fused-ring (bicyclic) bond motifs is 3. The number of nitrogens with zero attached hydrogens (tertiary/aromatic N) is 4. The highest BCUT2D eigenvalue weighted by Gasteiger charge is 2.16. The highest BCUT2D eigenvalue weighted by Crippen LogP contribution is 2.25. The Labute approximate surface area is 143 Å². The predicted octanol–water partition coefficient (Wildman–Crippen LogP) is 2.46. The van der Waals surface area contributed by atoms with Crippen molar-refractivity contribution in [2.24, 2.45) is 0 Å². The van der Waals surface area contributed by atoms with Crippen molar-refractivity contribution in [1.82, 2.24) is 19.5 Å². The smallest absolute Gasteiger partial charge is 0.320 e. The maximum Gasteiger partial charge on any atom is 0.320 e. The van der Waals surface area contributed by atoms with E-state index in [1.807, 2.05) is 11.5 Å². The SMILES string of the molecule is Cc1nc2c(N)nc3nc2n1Cc1ccc(F)c(c1)OCCCCO3. The summed E-state index contributed by atoms with van der Waals surface area (Å²) in [5.74, 6) is 0.921. The topological polar surface area (TPSA) is 88.1 Å². The molecule has 1 aromatic carbocycles. The summed E-state index contributed by atoms with van der Waals surface area (Å²) in [5.41, 5.74) is 8.04. The number of aryl methyl sites for hydroxylation is 1. The third-order valence-corrected chi connectivity index (χ3v) is 4.16. The Morgan fingerprint density at radius 1 is 1.12 bits per heavy atom. The van der Waals surface area contributed by atoms with Crippen LogP contribution in [0.3, 0.4) is 0 Å². The molecule has 0 atom stereocenters. The Bertz CT molecular complexity index is 940. The number of rotatable bonds is 0. The maximum absolute atomic E-state index is 13.9. The van der Waals surface area contributed by atoms with E-state index in [-0.39, 0.29) is 23.4 Å². The molecule has 130 valence electrons. The number of nitrogens with two attached hydrogens (primary N) is 1. The number of hydrogen-bond acceptors (Lipinski definition) is 6. The molecule has 0 fully saturated rings. The molecule has 1 aliphatic heterocycles. The van der Waals surface area contributed by atoms with Crippen molar-refractivity contribution in [3.63, 3.8) is 0 Å². The van der Waals surface area contributed by atoms with Gasteiger partial charge in [-0.1, -0.05) is 6.07 Å². The molecule has 0 unspecified atom stereocenters. The van der Waals surface area contributed by atoms with Crippen molar-refractivity contribution in [3.05, 3.63) is 35.4 Å². The Hall–Kier alpha value is -2.90. The van der Waals surface area contributed by atoms with Gasteiger partial charge in [0.2, 0.25) is 0 Å². The minimum Gasteiger partial charge on any atom is -0.491 e. The molecule has 0 aliphatic carbocycles. The van der Waals surface area contributed by atoms with Gasteiger partial charge in [-0.2, -0.15) is 9.97 Å².